The molecule has 0 aliphatic carbocycles. The SMILES string of the molecule is CCCCOC(=O)COc1cccc(OCC(=O)OCCCC)c1. The molecular formula is C18H26O6. The normalized spacial score (nSPS) is 10.1. The minimum Gasteiger partial charge on any atom is -0.482 e. The lowest BCUT2D eigenvalue weighted by molar-refractivity contribution is -0.146. The topological polar surface area (TPSA) is 71.1 Å². The van der Waals surface area contributed by atoms with Gasteiger partial charge in [0, 0.05) is 6.07 Å². The highest BCUT2D eigenvalue weighted by molar-refractivity contribution is 5.71. The Bertz CT molecular complexity index is 459. The molecule has 1 aromatic carbocycles. The Morgan fingerprint density at radius 3 is 1.71 bits per heavy atom. The first kappa shape index (κ1) is 19.8. The van der Waals surface area contributed by atoms with Crippen LogP contribution >= 0.6 is 0 Å². The fourth-order valence-corrected chi connectivity index (χ4v) is 1.68. The van der Waals surface area contributed by atoms with Crippen molar-refractivity contribution in [3.8, 4) is 11.5 Å². The summed E-state index contributed by atoms with van der Waals surface area (Å²) in [5.74, 6) is 0.127. The van der Waals surface area contributed by atoms with Crippen molar-refractivity contribution >= 4 is 11.9 Å². The predicted molar refractivity (Wildman–Crippen MR) is 89.2 cm³/mol. The molecule has 0 saturated heterocycles. The van der Waals surface area contributed by atoms with Crippen molar-refractivity contribution in [2.45, 2.75) is 39.5 Å². The quantitative estimate of drug-likeness (QED) is 0.431. The van der Waals surface area contributed by atoms with E-state index in [1.54, 1.807) is 24.3 Å². The molecule has 0 unspecified atom stereocenters. The van der Waals surface area contributed by atoms with Gasteiger partial charge < -0.3 is 18.9 Å². The van der Waals surface area contributed by atoms with Gasteiger partial charge in [0.05, 0.1) is 13.2 Å². The Morgan fingerprint density at radius 2 is 1.29 bits per heavy atom. The molecule has 1 rings (SSSR count). The third kappa shape index (κ3) is 9.02. The third-order valence-electron chi connectivity index (χ3n) is 3.04. The minimum atomic E-state index is -0.408. The van der Waals surface area contributed by atoms with Gasteiger partial charge in [-0.3, -0.25) is 0 Å². The Balaban J connectivity index is 2.32. The van der Waals surface area contributed by atoms with Gasteiger partial charge >= 0.3 is 11.9 Å². The lowest BCUT2D eigenvalue weighted by atomic mass is 10.3. The number of hydrogen-bond acceptors (Lipinski definition) is 6. The maximum Gasteiger partial charge on any atom is 0.344 e. The Hall–Kier alpha value is -2.24. The van der Waals surface area contributed by atoms with Crippen LogP contribution in [0.2, 0.25) is 0 Å². The van der Waals surface area contributed by atoms with Gasteiger partial charge in [-0.15, -0.1) is 0 Å². The lowest BCUT2D eigenvalue weighted by Gasteiger charge is -2.09. The largest absolute Gasteiger partial charge is 0.482 e. The molecule has 0 saturated carbocycles. The molecule has 0 radical (unpaired) electrons. The standard InChI is InChI=1S/C18H26O6/c1-3-5-10-21-17(19)13-23-15-8-7-9-16(12-15)24-14-18(20)22-11-6-4-2/h7-9,12H,3-6,10-11,13-14H2,1-2H3. The van der Waals surface area contributed by atoms with Crippen LogP contribution < -0.4 is 9.47 Å². The van der Waals surface area contributed by atoms with Crippen LogP contribution in [0.1, 0.15) is 39.5 Å². The van der Waals surface area contributed by atoms with Gasteiger partial charge in [-0.2, -0.15) is 0 Å². The van der Waals surface area contributed by atoms with Crippen molar-refractivity contribution in [2.24, 2.45) is 0 Å². The number of benzene rings is 1. The van der Waals surface area contributed by atoms with Gasteiger partial charge in [0.15, 0.2) is 13.2 Å². The predicted octanol–water partition coefficient (Wildman–Crippen LogP) is 3.13. The number of ether oxygens (including phenoxy) is 4. The summed E-state index contributed by atoms with van der Waals surface area (Å²) in [5.41, 5.74) is 0. The molecular weight excluding hydrogens is 312 g/mol. The molecule has 0 spiro atoms. The number of rotatable bonds is 12. The van der Waals surface area contributed by atoms with Crippen LogP contribution in [0, 0.1) is 0 Å². The zero-order valence-corrected chi connectivity index (χ0v) is 14.4. The smallest absolute Gasteiger partial charge is 0.344 e. The van der Waals surface area contributed by atoms with E-state index in [1.807, 2.05) is 13.8 Å². The second-order valence-corrected chi connectivity index (χ2v) is 5.20. The molecule has 1 aromatic rings. The second-order valence-electron chi connectivity index (χ2n) is 5.20. The Kier molecular flexibility index (Phi) is 10.1. The van der Waals surface area contributed by atoms with Crippen molar-refractivity contribution in [3.63, 3.8) is 0 Å². The summed E-state index contributed by atoms with van der Waals surface area (Å²) < 4.78 is 20.7. The molecule has 24 heavy (non-hydrogen) atoms. The van der Waals surface area contributed by atoms with Gasteiger partial charge in [0.25, 0.3) is 0 Å². The van der Waals surface area contributed by atoms with Gasteiger partial charge in [0.1, 0.15) is 11.5 Å². The zero-order valence-electron chi connectivity index (χ0n) is 14.4. The molecule has 0 heterocycles. The van der Waals surface area contributed by atoms with Crippen LogP contribution in [0.5, 0.6) is 11.5 Å². The number of unbranched alkanes of at least 4 members (excludes halogenated alkanes) is 2. The van der Waals surface area contributed by atoms with E-state index in [4.69, 9.17) is 18.9 Å². The summed E-state index contributed by atoms with van der Waals surface area (Å²) >= 11 is 0. The summed E-state index contributed by atoms with van der Waals surface area (Å²) in [4.78, 5) is 23.0. The van der Waals surface area contributed by atoms with Gasteiger partial charge in [-0.1, -0.05) is 32.8 Å². The van der Waals surface area contributed by atoms with Crippen molar-refractivity contribution < 1.29 is 28.5 Å². The monoisotopic (exact) mass is 338 g/mol. The molecule has 0 amide bonds. The van der Waals surface area contributed by atoms with E-state index >= 15 is 0 Å². The minimum absolute atomic E-state index is 0.160. The van der Waals surface area contributed by atoms with Crippen LogP contribution in [-0.2, 0) is 19.1 Å². The average molecular weight is 338 g/mol. The molecule has 0 N–H and O–H groups in total. The second kappa shape index (κ2) is 12.2. The van der Waals surface area contributed by atoms with E-state index in [9.17, 15) is 9.59 Å². The van der Waals surface area contributed by atoms with Gasteiger partial charge in [-0.25, -0.2) is 9.59 Å². The van der Waals surface area contributed by atoms with Crippen LogP contribution in [0.15, 0.2) is 24.3 Å². The average Bonchev–Trinajstić information content (AvgIpc) is 2.59. The van der Waals surface area contributed by atoms with E-state index in [2.05, 4.69) is 0 Å². The Labute approximate surface area is 143 Å². The molecule has 0 fully saturated rings. The molecule has 0 atom stereocenters. The summed E-state index contributed by atoms with van der Waals surface area (Å²) in [5, 5.41) is 0. The molecule has 0 aliphatic heterocycles. The fraction of sp³-hybridized carbons (Fsp3) is 0.556. The third-order valence-corrected chi connectivity index (χ3v) is 3.04. The highest BCUT2D eigenvalue weighted by Crippen LogP contribution is 2.19. The number of esters is 2. The van der Waals surface area contributed by atoms with E-state index in [-0.39, 0.29) is 13.2 Å². The van der Waals surface area contributed by atoms with Crippen LogP contribution in [0.3, 0.4) is 0 Å². The van der Waals surface area contributed by atoms with Crippen LogP contribution in [0.25, 0.3) is 0 Å². The van der Waals surface area contributed by atoms with Crippen molar-refractivity contribution in [3.05, 3.63) is 24.3 Å². The molecule has 6 nitrogen and oxygen atoms in total. The van der Waals surface area contributed by atoms with Crippen molar-refractivity contribution in [1.29, 1.82) is 0 Å². The van der Waals surface area contributed by atoms with E-state index < -0.39 is 11.9 Å². The van der Waals surface area contributed by atoms with Gasteiger partial charge in [-0.05, 0) is 25.0 Å². The van der Waals surface area contributed by atoms with Gasteiger partial charge in [0.2, 0.25) is 0 Å². The first-order chi connectivity index (χ1) is 11.7. The highest BCUT2D eigenvalue weighted by Gasteiger charge is 2.07. The maximum atomic E-state index is 11.5. The molecule has 6 heteroatoms. The summed E-state index contributed by atoms with van der Waals surface area (Å²) in [7, 11) is 0. The maximum absolute atomic E-state index is 11.5. The first-order valence-electron chi connectivity index (χ1n) is 8.32. The Morgan fingerprint density at radius 1 is 0.833 bits per heavy atom. The first-order valence-corrected chi connectivity index (χ1v) is 8.32. The van der Waals surface area contributed by atoms with Crippen molar-refractivity contribution in [2.75, 3.05) is 26.4 Å². The summed E-state index contributed by atoms with van der Waals surface area (Å²) in [6.07, 6.45) is 3.61. The molecule has 0 aliphatic rings. The number of carbonyl (C=O) groups excluding carboxylic acids is 2. The molecule has 0 bridgehead atoms. The number of carbonyl (C=O) groups is 2. The van der Waals surface area contributed by atoms with Crippen molar-refractivity contribution in [1.82, 2.24) is 0 Å². The highest BCUT2D eigenvalue weighted by atomic mass is 16.6. The fourth-order valence-electron chi connectivity index (χ4n) is 1.68. The van der Waals surface area contributed by atoms with E-state index in [0.29, 0.717) is 24.7 Å². The van der Waals surface area contributed by atoms with E-state index in [0.717, 1.165) is 25.7 Å². The zero-order chi connectivity index (χ0) is 17.6. The summed E-state index contributed by atoms with van der Waals surface area (Å²) in [6, 6.07) is 6.73. The lowest BCUT2D eigenvalue weighted by Crippen LogP contribution is -2.16. The van der Waals surface area contributed by atoms with E-state index in [1.165, 1.54) is 0 Å². The summed E-state index contributed by atoms with van der Waals surface area (Å²) in [6.45, 7) is 4.54. The van der Waals surface area contributed by atoms with Crippen LogP contribution in [0.4, 0.5) is 0 Å². The number of hydrogen-bond donors (Lipinski definition) is 0. The van der Waals surface area contributed by atoms with Crippen LogP contribution in [-0.4, -0.2) is 38.4 Å². The molecule has 134 valence electrons. The molecule has 0 aromatic heterocycles.